The lowest BCUT2D eigenvalue weighted by molar-refractivity contribution is 0.0730. The Hall–Kier alpha value is -2.46. The summed E-state index contributed by atoms with van der Waals surface area (Å²) in [4.78, 5) is 5.06. The number of rotatable bonds is 7. The monoisotopic (exact) mass is 485 g/mol. The highest BCUT2D eigenvalue weighted by Crippen LogP contribution is 2.26. The summed E-state index contributed by atoms with van der Waals surface area (Å²) >= 11 is 0. The SMILES string of the molecule is Cc1cc(C)cc(OCc2nc3cc(S(=O)(=O)N4CCOCC4)ccc3n2CC2CCCO2)c1. The Bertz CT molecular complexity index is 1250. The molecule has 2 saturated heterocycles. The van der Waals surface area contributed by atoms with Crippen molar-refractivity contribution in [2.45, 2.75) is 50.8 Å². The van der Waals surface area contributed by atoms with Crippen LogP contribution in [0.2, 0.25) is 0 Å². The highest BCUT2D eigenvalue weighted by molar-refractivity contribution is 7.89. The van der Waals surface area contributed by atoms with Crippen molar-refractivity contribution < 1.29 is 22.6 Å². The predicted molar refractivity (Wildman–Crippen MR) is 129 cm³/mol. The minimum Gasteiger partial charge on any atom is -0.486 e. The number of nitrogens with zero attached hydrogens (tertiary/aromatic N) is 3. The Kier molecular flexibility index (Phi) is 6.61. The molecule has 0 aliphatic carbocycles. The molecule has 1 atom stereocenters. The third-order valence-corrected chi connectivity index (χ3v) is 8.27. The largest absolute Gasteiger partial charge is 0.486 e. The number of ether oxygens (including phenoxy) is 3. The zero-order chi connectivity index (χ0) is 23.7. The fourth-order valence-corrected chi connectivity index (χ4v) is 6.15. The second-order valence-electron chi connectivity index (χ2n) is 9.05. The quantitative estimate of drug-likeness (QED) is 0.510. The van der Waals surface area contributed by atoms with Crippen LogP contribution in [0.15, 0.2) is 41.3 Å². The van der Waals surface area contributed by atoms with Crippen LogP contribution in [0.5, 0.6) is 5.75 Å². The van der Waals surface area contributed by atoms with E-state index in [9.17, 15) is 8.42 Å². The van der Waals surface area contributed by atoms with Crippen LogP contribution in [0.4, 0.5) is 0 Å². The maximum Gasteiger partial charge on any atom is 0.243 e. The van der Waals surface area contributed by atoms with Crippen LogP contribution in [-0.2, 0) is 32.6 Å². The molecule has 0 N–H and O–H groups in total. The first-order valence-corrected chi connectivity index (χ1v) is 13.2. The second-order valence-corrected chi connectivity index (χ2v) is 11.0. The molecule has 2 fully saturated rings. The summed E-state index contributed by atoms with van der Waals surface area (Å²) in [5.41, 5.74) is 3.81. The van der Waals surface area contributed by atoms with E-state index >= 15 is 0 Å². The molecule has 0 amide bonds. The summed E-state index contributed by atoms with van der Waals surface area (Å²) in [5.74, 6) is 1.55. The van der Waals surface area contributed by atoms with Crippen molar-refractivity contribution in [2.24, 2.45) is 0 Å². The number of hydrogen-bond acceptors (Lipinski definition) is 6. The van der Waals surface area contributed by atoms with Crippen LogP contribution in [0.25, 0.3) is 11.0 Å². The summed E-state index contributed by atoms with van der Waals surface area (Å²) in [6, 6.07) is 11.3. The first kappa shape index (κ1) is 23.3. The summed E-state index contributed by atoms with van der Waals surface area (Å²) < 4.78 is 47.2. The molecule has 2 aliphatic rings. The highest BCUT2D eigenvalue weighted by atomic mass is 32.2. The molecule has 3 aromatic rings. The molecule has 2 aliphatic heterocycles. The van der Waals surface area contributed by atoms with Crippen LogP contribution < -0.4 is 4.74 Å². The lowest BCUT2D eigenvalue weighted by Crippen LogP contribution is -2.40. The van der Waals surface area contributed by atoms with Gasteiger partial charge in [0.2, 0.25) is 10.0 Å². The number of morpholine rings is 1. The average molecular weight is 486 g/mol. The molecular weight excluding hydrogens is 454 g/mol. The zero-order valence-electron chi connectivity index (χ0n) is 19.7. The molecule has 0 saturated carbocycles. The van der Waals surface area contributed by atoms with Crippen molar-refractivity contribution in [1.29, 1.82) is 0 Å². The van der Waals surface area contributed by atoms with E-state index in [0.717, 1.165) is 47.7 Å². The number of fused-ring (bicyclic) bond motifs is 1. The van der Waals surface area contributed by atoms with Crippen LogP contribution in [0.1, 0.15) is 29.8 Å². The lowest BCUT2D eigenvalue weighted by atomic mass is 10.1. The fourth-order valence-electron chi connectivity index (χ4n) is 4.73. The number of aromatic nitrogens is 2. The number of aryl methyl sites for hydroxylation is 2. The second kappa shape index (κ2) is 9.65. The third kappa shape index (κ3) is 4.84. The Labute approximate surface area is 200 Å². The Morgan fingerprint density at radius 1 is 1.06 bits per heavy atom. The molecular formula is C25H31N3O5S. The van der Waals surface area contributed by atoms with Gasteiger partial charge in [-0.3, -0.25) is 0 Å². The first-order chi connectivity index (χ1) is 16.4. The van der Waals surface area contributed by atoms with Crippen molar-refractivity contribution in [3.05, 3.63) is 53.3 Å². The molecule has 182 valence electrons. The topological polar surface area (TPSA) is 82.9 Å². The molecule has 3 heterocycles. The number of hydrogen-bond donors (Lipinski definition) is 0. The summed E-state index contributed by atoms with van der Waals surface area (Å²) in [7, 11) is -3.60. The number of imidazole rings is 1. The van der Waals surface area contributed by atoms with Gasteiger partial charge in [0, 0.05) is 19.7 Å². The van der Waals surface area contributed by atoms with E-state index in [1.807, 2.05) is 32.0 Å². The van der Waals surface area contributed by atoms with Gasteiger partial charge in [0.25, 0.3) is 0 Å². The van der Waals surface area contributed by atoms with E-state index in [0.29, 0.717) is 38.4 Å². The van der Waals surface area contributed by atoms with E-state index in [1.54, 1.807) is 12.1 Å². The van der Waals surface area contributed by atoms with Gasteiger partial charge in [0.05, 0.1) is 41.8 Å². The standard InChI is InChI=1S/C25H31N3O5S/c1-18-12-19(2)14-21(13-18)33-17-25-26-23-15-22(34(29,30)27-7-10-31-11-8-27)5-6-24(23)28(25)16-20-4-3-9-32-20/h5-6,12-15,20H,3-4,7-11,16-17H2,1-2H3. The van der Waals surface area contributed by atoms with Crippen LogP contribution in [-0.4, -0.2) is 61.3 Å². The van der Waals surface area contributed by atoms with Crippen molar-refractivity contribution in [1.82, 2.24) is 13.9 Å². The Morgan fingerprint density at radius 3 is 2.53 bits per heavy atom. The molecule has 5 rings (SSSR count). The molecule has 34 heavy (non-hydrogen) atoms. The molecule has 0 radical (unpaired) electrons. The van der Waals surface area contributed by atoms with Crippen LogP contribution in [0.3, 0.4) is 0 Å². The third-order valence-electron chi connectivity index (χ3n) is 6.38. The van der Waals surface area contributed by atoms with Gasteiger partial charge in [0.1, 0.15) is 18.2 Å². The fraction of sp³-hybridized carbons (Fsp3) is 0.480. The first-order valence-electron chi connectivity index (χ1n) is 11.8. The molecule has 0 spiro atoms. The van der Waals surface area contributed by atoms with Crippen molar-refractivity contribution in [3.8, 4) is 5.75 Å². The van der Waals surface area contributed by atoms with Crippen molar-refractivity contribution in [2.75, 3.05) is 32.9 Å². The van der Waals surface area contributed by atoms with Gasteiger partial charge in [-0.05, 0) is 68.1 Å². The summed E-state index contributed by atoms with van der Waals surface area (Å²) in [6.07, 6.45) is 2.17. The van der Waals surface area contributed by atoms with E-state index in [4.69, 9.17) is 19.2 Å². The van der Waals surface area contributed by atoms with E-state index < -0.39 is 10.0 Å². The summed E-state index contributed by atoms with van der Waals surface area (Å²) in [5, 5.41) is 0. The molecule has 1 aromatic heterocycles. The van der Waals surface area contributed by atoms with Gasteiger partial charge >= 0.3 is 0 Å². The van der Waals surface area contributed by atoms with E-state index in [-0.39, 0.29) is 17.6 Å². The molecule has 2 aromatic carbocycles. The Balaban J connectivity index is 1.47. The van der Waals surface area contributed by atoms with Gasteiger partial charge in [0.15, 0.2) is 0 Å². The van der Waals surface area contributed by atoms with Gasteiger partial charge in [-0.15, -0.1) is 0 Å². The van der Waals surface area contributed by atoms with Gasteiger partial charge in [-0.25, -0.2) is 13.4 Å². The minimum absolute atomic E-state index is 0.120. The predicted octanol–water partition coefficient (Wildman–Crippen LogP) is 3.43. The normalized spacial score (nSPS) is 19.6. The highest BCUT2D eigenvalue weighted by Gasteiger charge is 2.27. The van der Waals surface area contributed by atoms with Gasteiger partial charge < -0.3 is 18.8 Å². The maximum atomic E-state index is 13.2. The van der Waals surface area contributed by atoms with E-state index in [2.05, 4.69) is 10.6 Å². The lowest BCUT2D eigenvalue weighted by Gasteiger charge is -2.26. The zero-order valence-corrected chi connectivity index (χ0v) is 20.5. The minimum atomic E-state index is -3.60. The van der Waals surface area contributed by atoms with Gasteiger partial charge in [-0.1, -0.05) is 6.07 Å². The Morgan fingerprint density at radius 2 is 1.82 bits per heavy atom. The van der Waals surface area contributed by atoms with Crippen LogP contribution >= 0.6 is 0 Å². The number of benzene rings is 2. The molecule has 8 nitrogen and oxygen atoms in total. The molecule has 9 heteroatoms. The van der Waals surface area contributed by atoms with Gasteiger partial charge in [-0.2, -0.15) is 4.31 Å². The van der Waals surface area contributed by atoms with Crippen molar-refractivity contribution >= 4 is 21.1 Å². The summed E-state index contributed by atoms with van der Waals surface area (Å²) in [6.45, 7) is 7.37. The van der Waals surface area contributed by atoms with Crippen molar-refractivity contribution in [3.63, 3.8) is 0 Å². The maximum absolute atomic E-state index is 13.2. The molecule has 1 unspecified atom stereocenters. The number of sulfonamides is 1. The smallest absolute Gasteiger partial charge is 0.243 e. The molecule has 0 bridgehead atoms. The van der Waals surface area contributed by atoms with E-state index in [1.165, 1.54) is 4.31 Å². The van der Waals surface area contributed by atoms with Crippen LogP contribution in [0, 0.1) is 13.8 Å². The average Bonchev–Trinajstić information content (AvgIpc) is 3.45.